The molecule has 5 heteroatoms. The molecule has 0 bridgehead atoms. The van der Waals surface area contributed by atoms with Gasteiger partial charge in [-0.1, -0.05) is 12.1 Å². The van der Waals surface area contributed by atoms with Crippen LogP contribution in [0.1, 0.15) is 36.8 Å². The number of fused-ring (bicyclic) bond motifs is 1. The minimum atomic E-state index is -0.199. The predicted octanol–water partition coefficient (Wildman–Crippen LogP) is 6.49. The van der Waals surface area contributed by atoms with Crippen molar-refractivity contribution < 1.29 is 4.39 Å². The summed E-state index contributed by atoms with van der Waals surface area (Å²) < 4.78 is 13.9. The average Bonchev–Trinajstić information content (AvgIpc) is 3.07. The Bertz CT molecular complexity index is 1240. The number of rotatable bonds is 4. The Labute approximate surface area is 201 Å². The van der Waals surface area contributed by atoms with Gasteiger partial charge in [0, 0.05) is 41.4 Å². The molecule has 0 saturated carbocycles. The van der Waals surface area contributed by atoms with Crippen LogP contribution in [0.15, 0.2) is 64.7 Å². The Morgan fingerprint density at radius 3 is 2.68 bits per heavy atom. The van der Waals surface area contributed by atoms with E-state index in [1.54, 1.807) is 19.2 Å². The van der Waals surface area contributed by atoms with E-state index in [0.29, 0.717) is 11.5 Å². The summed E-state index contributed by atoms with van der Waals surface area (Å²) in [6.07, 6.45) is 8.04. The molecule has 4 nitrogen and oxygen atoms in total. The highest BCUT2D eigenvalue weighted by Gasteiger charge is 2.19. The summed E-state index contributed by atoms with van der Waals surface area (Å²) >= 11 is 0. The molecule has 3 heterocycles. The van der Waals surface area contributed by atoms with Crippen molar-refractivity contribution in [2.45, 2.75) is 32.6 Å². The van der Waals surface area contributed by atoms with E-state index in [9.17, 15) is 4.39 Å². The Kier molecular flexibility index (Phi) is 6.63. The summed E-state index contributed by atoms with van der Waals surface area (Å²) in [6, 6.07) is 15.6. The van der Waals surface area contributed by atoms with E-state index in [2.05, 4.69) is 41.2 Å². The molecule has 0 radical (unpaired) electrons. The number of pyridine rings is 1. The molecule has 1 aromatic heterocycles. The number of aryl methyl sites for hydroxylation is 1. The van der Waals surface area contributed by atoms with Crippen molar-refractivity contribution in [1.82, 2.24) is 9.88 Å². The molecule has 0 atom stereocenters. The minimum Gasteiger partial charge on any atom is -0.306 e. The summed E-state index contributed by atoms with van der Waals surface area (Å²) in [5, 5.41) is 0. The number of piperidine rings is 1. The lowest BCUT2D eigenvalue weighted by Crippen LogP contribution is -2.31. The molecular weight excluding hydrogens is 423 g/mol. The molecule has 0 aliphatic carbocycles. The van der Waals surface area contributed by atoms with Gasteiger partial charge >= 0.3 is 0 Å². The normalized spacial score (nSPS) is 18.1. The number of hydrogen-bond donors (Lipinski definition) is 0. The number of hydrogen-bond acceptors (Lipinski definition) is 4. The molecule has 0 spiro atoms. The molecule has 1 saturated heterocycles. The number of halogens is 1. The molecule has 2 aromatic carbocycles. The number of likely N-dealkylation sites (tertiary alicyclic amines) is 1. The lowest BCUT2D eigenvalue weighted by molar-refractivity contribution is 0.224. The standard InChI is InChI=1S/C29H31FN4/c1-20-17-23(7-9-26(20)30)29-24(5-3-14-32-29)22-8-10-28-25(18-22)27(6-4-13-31-28)33-19-21-11-15-34(2)16-12-21/h3,5,7-10,13-14,17-18,21H,4,6,11-12,15-16,19H2,1-2H3. The van der Waals surface area contributed by atoms with Crippen LogP contribution in [0.3, 0.4) is 0 Å². The van der Waals surface area contributed by atoms with Crippen molar-refractivity contribution in [1.29, 1.82) is 0 Å². The maximum Gasteiger partial charge on any atom is 0.126 e. The molecule has 0 unspecified atom stereocenters. The largest absolute Gasteiger partial charge is 0.306 e. The Hall–Kier alpha value is -3.18. The van der Waals surface area contributed by atoms with Gasteiger partial charge in [0.1, 0.15) is 5.82 Å². The highest BCUT2D eigenvalue weighted by atomic mass is 19.1. The van der Waals surface area contributed by atoms with Gasteiger partial charge in [0.2, 0.25) is 0 Å². The van der Waals surface area contributed by atoms with E-state index in [1.807, 2.05) is 18.3 Å². The van der Waals surface area contributed by atoms with E-state index in [4.69, 9.17) is 9.98 Å². The number of aliphatic imine (C=N–C) groups is 2. The van der Waals surface area contributed by atoms with E-state index < -0.39 is 0 Å². The van der Waals surface area contributed by atoms with Crippen molar-refractivity contribution in [2.75, 3.05) is 26.7 Å². The first-order valence-corrected chi connectivity index (χ1v) is 12.2. The van der Waals surface area contributed by atoms with Crippen molar-refractivity contribution in [3.8, 4) is 22.4 Å². The molecule has 2 aliphatic rings. The second kappa shape index (κ2) is 9.98. The minimum absolute atomic E-state index is 0.199. The third-order valence-corrected chi connectivity index (χ3v) is 6.98. The second-order valence-corrected chi connectivity index (χ2v) is 9.48. The zero-order chi connectivity index (χ0) is 23.5. The van der Waals surface area contributed by atoms with Gasteiger partial charge < -0.3 is 4.90 Å². The van der Waals surface area contributed by atoms with Crippen LogP contribution in [0.4, 0.5) is 10.1 Å². The smallest absolute Gasteiger partial charge is 0.126 e. The van der Waals surface area contributed by atoms with Gasteiger partial charge in [0.15, 0.2) is 0 Å². The fourth-order valence-corrected chi connectivity index (χ4v) is 4.85. The SMILES string of the molecule is Cc1cc(-c2ncccc2-c2ccc3c(c2)C(=NCC2CCN(C)CC2)CCC=N3)ccc1F. The first kappa shape index (κ1) is 22.6. The first-order valence-electron chi connectivity index (χ1n) is 12.2. The quantitative estimate of drug-likeness (QED) is 0.452. The molecule has 0 amide bonds. The van der Waals surface area contributed by atoms with E-state index in [1.165, 1.54) is 18.9 Å². The fourth-order valence-electron chi connectivity index (χ4n) is 4.85. The summed E-state index contributed by atoms with van der Waals surface area (Å²) in [5.41, 5.74) is 7.74. The van der Waals surface area contributed by atoms with Crippen LogP contribution in [-0.4, -0.2) is 48.5 Å². The van der Waals surface area contributed by atoms with Crippen molar-refractivity contribution in [3.63, 3.8) is 0 Å². The van der Waals surface area contributed by atoms with Crippen LogP contribution < -0.4 is 0 Å². The van der Waals surface area contributed by atoms with Gasteiger partial charge in [0.25, 0.3) is 0 Å². The Morgan fingerprint density at radius 2 is 1.85 bits per heavy atom. The topological polar surface area (TPSA) is 40.9 Å². The molecule has 1 fully saturated rings. The molecule has 174 valence electrons. The summed E-state index contributed by atoms with van der Waals surface area (Å²) in [6.45, 7) is 4.99. The van der Waals surface area contributed by atoms with Crippen molar-refractivity contribution in [2.24, 2.45) is 15.9 Å². The van der Waals surface area contributed by atoms with Crippen LogP contribution in [0.25, 0.3) is 22.4 Å². The lowest BCUT2D eigenvalue weighted by atomic mass is 9.94. The van der Waals surface area contributed by atoms with E-state index >= 15 is 0 Å². The summed E-state index contributed by atoms with van der Waals surface area (Å²) in [7, 11) is 2.20. The molecular formula is C29H31FN4. The maximum atomic E-state index is 13.9. The third-order valence-electron chi connectivity index (χ3n) is 6.98. The van der Waals surface area contributed by atoms with Gasteiger partial charge in [-0.05, 0) is 106 Å². The van der Waals surface area contributed by atoms with Crippen LogP contribution in [0.5, 0.6) is 0 Å². The van der Waals surface area contributed by atoms with Crippen LogP contribution in [0, 0.1) is 18.7 Å². The molecule has 3 aromatic rings. The zero-order valence-electron chi connectivity index (χ0n) is 20.0. The van der Waals surface area contributed by atoms with Gasteiger partial charge in [-0.15, -0.1) is 0 Å². The van der Waals surface area contributed by atoms with Crippen LogP contribution in [-0.2, 0) is 0 Å². The number of benzene rings is 2. The second-order valence-electron chi connectivity index (χ2n) is 9.48. The van der Waals surface area contributed by atoms with Crippen molar-refractivity contribution >= 4 is 17.6 Å². The fraction of sp³-hybridized carbons (Fsp3) is 0.345. The maximum absolute atomic E-state index is 13.9. The van der Waals surface area contributed by atoms with Crippen LogP contribution >= 0.6 is 0 Å². The van der Waals surface area contributed by atoms with E-state index in [0.717, 1.165) is 71.8 Å². The number of nitrogens with zero attached hydrogens (tertiary/aromatic N) is 4. The highest BCUT2D eigenvalue weighted by molar-refractivity contribution is 6.07. The zero-order valence-corrected chi connectivity index (χ0v) is 20.0. The molecule has 34 heavy (non-hydrogen) atoms. The first-order chi connectivity index (χ1) is 16.6. The molecule has 0 N–H and O–H groups in total. The van der Waals surface area contributed by atoms with Crippen molar-refractivity contribution in [3.05, 3.63) is 71.7 Å². The van der Waals surface area contributed by atoms with E-state index in [-0.39, 0.29) is 5.82 Å². The summed E-state index contributed by atoms with van der Waals surface area (Å²) in [5.74, 6) is 0.459. The lowest BCUT2D eigenvalue weighted by Gasteiger charge is -2.28. The monoisotopic (exact) mass is 454 g/mol. The summed E-state index contributed by atoms with van der Waals surface area (Å²) in [4.78, 5) is 16.9. The Balaban J connectivity index is 1.50. The third kappa shape index (κ3) is 4.85. The number of aromatic nitrogens is 1. The molecule has 5 rings (SSSR count). The van der Waals surface area contributed by atoms with Crippen LogP contribution in [0.2, 0.25) is 0 Å². The van der Waals surface area contributed by atoms with Gasteiger partial charge in [-0.25, -0.2) is 4.39 Å². The average molecular weight is 455 g/mol. The van der Waals surface area contributed by atoms with Gasteiger partial charge in [0.05, 0.1) is 11.4 Å². The Morgan fingerprint density at radius 1 is 1.03 bits per heavy atom. The molecule has 2 aliphatic heterocycles. The van der Waals surface area contributed by atoms with Gasteiger partial charge in [-0.3, -0.25) is 15.0 Å². The highest BCUT2D eigenvalue weighted by Crippen LogP contribution is 2.35. The van der Waals surface area contributed by atoms with Gasteiger partial charge in [-0.2, -0.15) is 0 Å². The predicted molar refractivity (Wildman–Crippen MR) is 139 cm³/mol.